The average Bonchev–Trinajstić information content (AvgIpc) is 3.48. The van der Waals surface area contributed by atoms with Gasteiger partial charge in [-0.1, -0.05) is 106 Å². The van der Waals surface area contributed by atoms with Crippen molar-refractivity contribution in [3.63, 3.8) is 0 Å². The number of hydrogen-bond donors (Lipinski definition) is 3. The third kappa shape index (κ3) is 6.63. The number of nitrogens with zero attached hydrogens (tertiary/aromatic N) is 2. The van der Waals surface area contributed by atoms with E-state index in [1.807, 2.05) is 18.2 Å². The van der Waals surface area contributed by atoms with E-state index in [0.717, 1.165) is 39.6 Å². The van der Waals surface area contributed by atoms with Crippen molar-refractivity contribution in [1.29, 1.82) is 0 Å². The SMILES string of the molecule is CCC(=O)O.CCc1cc2c(cc1Cl)[nH]c(/C=C/C=C/C=C1\N(CCC(=O)O)C3=C(C4C=CC=CC4c4ccccc43)C1(C)C)[n+]2C. The highest BCUT2D eigenvalue weighted by atomic mass is 35.5. The molecule has 2 aromatic carbocycles. The number of allylic oxidation sites excluding steroid dienone is 9. The van der Waals surface area contributed by atoms with Crippen LogP contribution in [0.1, 0.15) is 69.0 Å². The first-order valence-corrected chi connectivity index (χ1v) is 16.5. The maximum Gasteiger partial charge on any atom is 0.305 e. The summed E-state index contributed by atoms with van der Waals surface area (Å²) >= 11 is 6.45. The number of aryl methyl sites for hydroxylation is 2. The van der Waals surface area contributed by atoms with Crippen molar-refractivity contribution < 1.29 is 24.4 Å². The van der Waals surface area contributed by atoms with Gasteiger partial charge in [-0.25, -0.2) is 9.55 Å². The Morgan fingerprint density at radius 3 is 2.40 bits per heavy atom. The predicted molar refractivity (Wildman–Crippen MR) is 189 cm³/mol. The van der Waals surface area contributed by atoms with Crippen molar-refractivity contribution in [2.45, 2.75) is 52.9 Å². The van der Waals surface area contributed by atoms with Crippen LogP contribution in [0.4, 0.5) is 0 Å². The number of benzene rings is 2. The largest absolute Gasteiger partial charge is 0.481 e. The van der Waals surface area contributed by atoms with Crippen molar-refractivity contribution >= 4 is 46.3 Å². The van der Waals surface area contributed by atoms with Crippen molar-refractivity contribution in [2.24, 2.45) is 18.4 Å². The molecule has 2 atom stereocenters. The van der Waals surface area contributed by atoms with Crippen LogP contribution in [-0.2, 0) is 23.1 Å². The zero-order chi connectivity index (χ0) is 33.9. The van der Waals surface area contributed by atoms with Gasteiger partial charge in [0.25, 0.3) is 5.82 Å². The number of aliphatic carboxylic acids is 2. The number of carboxylic acids is 2. The maximum absolute atomic E-state index is 11.7. The zero-order valence-corrected chi connectivity index (χ0v) is 28.4. The Kier molecular flexibility index (Phi) is 10.1. The molecule has 2 heterocycles. The van der Waals surface area contributed by atoms with E-state index in [4.69, 9.17) is 16.7 Å². The minimum atomic E-state index is -0.791. The molecule has 1 aromatic heterocycles. The first kappa shape index (κ1) is 33.7. The Bertz CT molecular complexity index is 1890. The molecular weight excluding hydrogens is 610 g/mol. The van der Waals surface area contributed by atoms with Crippen molar-refractivity contribution in [1.82, 2.24) is 9.88 Å². The topological polar surface area (TPSA) is 97.5 Å². The molecule has 7 nitrogen and oxygen atoms in total. The molecule has 8 heteroatoms. The highest BCUT2D eigenvalue weighted by Gasteiger charge is 2.49. The Morgan fingerprint density at radius 1 is 1.02 bits per heavy atom. The molecule has 2 aliphatic carbocycles. The average molecular weight is 653 g/mol. The summed E-state index contributed by atoms with van der Waals surface area (Å²) < 4.78 is 2.14. The fourth-order valence-corrected chi connectivity index (χ4v) is 7.24. The van der Waals surface area contributed by atoms with Gasteiger partial charge in [-0.05, 0) is 35.3 Å². The van der Waals surface area contributed by atoms with E-state index in [1.54, 1.807) is 6.92 Å². The first-order valence-electron chi connectivity index (χ1n) is 16.1. The second-order valence-electron chi connectivity index (χ2n) is 12.5. The normalized spacial score (nSPS) is 20.1. The summed E-state index contributed by atoms with van der Waals surface area (Å²) in [7, 11) is 2.05. The number of nitrogens with one attached hydrogen (secondary N) is 1. The van der Waals surface area contributed by atoms with Gasteiger partial charge in [-0.2, -0.15) is 0 Å². The number of hydrogen-bond acceptors (Lipinski definition) is 3. The minimum absolute atomic E-state index is 0.0699. The highest BCUT2D eigenvalue weighted by molar-refractivity contribution is 6.32. The number of aromatic amines is 1. The van der Waals surface area contributed by atoms with Crippen LogP contribution in [-0.4, -0.2) is 38.6 Å². The Balaban J connectivity index is 0.000000807. The minimum Gasteiger partial charge on any atom is -0.481 e. The molecule has 0 amide bonds. The van der Waals surface area contributed by atoms with Gasteiger partial charge in [0.2, 0.25) is 0 Å². The van der Waals surface area contributed by atoms with E-state index in [0.29, 0.717) is 6.54 Å². The van der Waals surface area contributed by atoms with Crippen LogP contribution in [0.15, 0.2) is 96.3 Å². The summed E-state index contributed by atoms with van der Waals surface area (Å²) in [6.07, 6.45) is 20.4. The van der Waals surface area contributed by atoms with E-state index >= 15 is 0 Å². The number of rotatable bonds is 8. The lowest BCUT2D eigenvalue weighted by molar-refractivity contribution is -0.646. The second kappa shape index (κ2) is 14.0. The molecule has 0 fully saturated rings. The summed E-state index contributed by atoms with van der Waals surface area (Å²) in [6.45, 7) is 8.68. The number of halogens is 1. The lowest BCUT2D eigenvalue weighted by atomic mass is 9.65. The zero-order valence-electron chi connectivity index (χ0n) is 27.6. The number of carbonyl (C=O) groups is 2. The molecule has 3 N–H and O–H groups in total. The summed E-state index contributed by atoms with van der Waals surface area (Å²) in [5.74, 6) is -0.0389. The van der Waals surface area contributed by atoms with E-state index < -0.39 is 11.9 Å². The summed E-state index contributed by atoms with van der Waals surface area (Å²) in [4.78, 5) is 26.8. The molecule has 47 heavy (non-hydrogen) atoms. The Hall–Kier alpha value is -4.62. The molecule has 0 bridgehead atoms. The van der Waals surface area contributed by atoms with Gasteiger partial charge in [0.05, 0.1) is 13.5 Å². The van der Waals surface area contributed by atoms with Gasteiger partial charge in [0, 0.05) is 64.3 Å². The standard InChI is InChI=1S/C36H36ClN3O2.C3H6O2/c1-5-23-21-30-29(22-28(23)37)38-32(39(30)4)18-8-6-7-17-31-36(2,3)34-26-15-11-9-13-24(26)25-14-10-12-16-27(25)35(34)40(31)20-19-33(41)42;1-2-3(4)5/h6-18,21-22,24,26H,5,19-20H2,1-4H3,(H,41,42);2H2,1H3,(H,4,5)/p+1/b7-6+,18-8+,31-17-;. The molecule has 0 radical (unpaired) electrons. The molecular formula is C39H43ClN3O4+. The fourth-order valence-electron chi connectivity index (χ4n) is 6.94. The quantitative estimate of drug-likeness (QED) is 0.168. The summed E-state index contributed by atoms with van der Waals surface area (Å²) in [6, 6.07) is 12.7. The van der Waals surface area contributed by atoms with Crippen LogP contribution in [0.5, 0.6) is 0 Å². The monoisotopic (exact) mass is 652 g/mol. The van der Waals surface area contributed by atoms with Crippen LogP contribution in [0.3, 0.4) is 0 Å². The van der Waals surface area contributed by atoms with Gasteiger partial charge in [-0.3, -0.25) is 9.59 Å². The third-order valence-corrected chi connectivity index (χ3v) is 9.64. The molecule has 1 aliphatic heterocycles. The lowest BCUT2D eigenvalue weighted by Crippen LogP contribution is -2.29. The Morgan fingerprint density at radius 2 is 1.72 bits per heavy atom. The number of carboxylic acid groups (broad SMARTS) is 2. The molecule has 3 aliphatic rings. The number of fused-ring (bicyclic) bond motifs is 6. The predicted octanol–water partition coefficient (Wildman–Crippen LogP) is 8.21. The van der Waals surface area contributed by atoms with E-state index in [2.05, 4.69) is 115 Å². The highest BCUT2D eigenvalue weighted by Crippen LogP contribution is 2.59. The van der Waals surface area contributed by atoms with Crippen LogP contribution < -0.4 is 4.57 Å². The fraction of sp³-hybridized carbons (Fsp3) is 0.308. The molecule has 0 saturated heterocycles. The van der Waals surface area contributed by atoms with Crippen molar-refractivity contribution in [3.05, 3.63) is 124 Å². The summed E-state index contributed by atoms with van der Waals surface area (Å²) in [5, 5.41) is 18.1. The summed E-state index contributed by atoms with van der Waals surface area (Å²) in [5.41, 5.74) is 9.15. The lowest BCUT2D eigenvalue weighted by Gasteiger charge is -2.37. The van der Waals surface area contributed by atoms with Gasteiger partial charge in [0.1, 0.15) is 0 Å². The molecule has 0 saturated carbocycles. The molecule has 244 valence electrons. The third-order valence-electron chi connectivity index (χ3n) is 9.29. The smallest absolute Gasteiger partial charge is 0.305 e. The van der Waals surface area contributed by atoms with Gasteiger partial charge in [0.15, 0.2) is 11.0 Å². The van der Waals surface area contributed by atoms with E-state index in [1.165, 1.54) is 22.4 Å². The van der Waals surface area contributed by atoms with E-state index in [9.17, 15) is 14.7 Å². The van der Waals surface area contributed by atoms with Crippen LogP contribution in [0.25, 0.3) is 22.8 Å². The van der Waals surface area contributed by atoms with E-state index in [-0.39, 0.29) is 30.1 Å². The van der Waals surface area contributed by atoms with Crippen LogP contribution >= 0.6 is 11.6 Å². The molecule has 2 unspecified atom stereocenters. The number of H-pyrrole nitrogens is 1. The maximum atomic E-state index is 11.7. The Labute approximate surface area is 281 Å². The number of aromatic nitrogens is 2. The van der Waals surface area contributed by atoms with Crippen LogP contribution in [0.2, 0.25) is 5.02 Å². The molecule has 3 aromatic rings. The second-order valence-corrected chi connectivity index (χ2v) is 12.9. The van der Waals surface area contributed by atoms with Gasteiger partial charge in [-0.15, -0.1) is 0 Å². The molecule has 6 rings (SSSR count). The van der Waals surface area contributed by atoms with Gasteiger partial charge < -0.3 is 15.1 Å². The van der Waals surface area contributed by atoms with Crippen LogP contribution in [0, 0.1) is 11.3 Å². The van der Waals surface area contributed by atoms with Crippen molar-refractivity contribution in [3.8, 4) is 0 Å². The van der Waals surface area contributed by atoms with Gasteiger partial charge >= 0.3 is 11.9 Å². The number of imidazole rings is 1. The first-order chi connectivity index (χ1) is 22.5. The molecule has 0 spiro atoms. The van der Waals surface area contributed by atoms with Crippen molar-refractivity contribution in [2.75, 3.05) is 6.54 Å².